The van der Waals surface area contributed by atoms with Crippen LogP contribution in [-0.2, 0) is 17.5 Å². The Kier molecular flexibility index (Phi) is 6.55. The third kappa shape index (κ3) is 5.10. The van der Waals surface area contributed by atoms with Crippen LogP contribution in [0.5, 0.6) is 0 Å². The van der Waals surface area contributed by atoms with E-state index in [1.165, 1.54) is 29.2 Å². The Labute approximate surface area is 228 Å². The third-order valence-electron chi connectivity index (χ3n) is 7.45. The minimum Gasteiger partial charge on any atom is -0.444 e. The highest BCUT2D eigenvalue weighted by Gasteiger charge is 2.51. The first-order valence-corrected chi connectivity index (χ1v) is 12.8. The molecule has 0 atom stereocenters. The largest absolute Gasteiger partial charge is 0.444 e. The summed E-state index contributed by atoms with van der Waals surface area (Å²) in [6, 6.07) is 5.17. The molecule has 13 heteroatoms. The number of benzene rings is 1. The highest BCUT2D eigenvalue weighted by molar-refractivity contribution is 5.72. The van der Waals surface area contributed by atoms with Crippen LogP contribution in [0.3, 0.4) is 0 Å². The number of nitriles is 1. The van der Waals surface area contributed by atoms with Crippen molar-refractivity contribution < 1.29 is 27.1 Å². The number of nitrogens with zero attached hydrogens (tertiary/aromatic N) is 6. The van der Waals surface area contributed by atoms with Gasteiger partial charge in [0.25, 0.3) is 0 Å². The second-order valence-corrected chi connectivity index (χ2v) is 11.6. The molecule has 0 bridgehead atoms. The smallest absolute Gasteiger partial charge is 0.419 e. The van der Waals surface area contributed by atoms with E-state index < -0.39 is 23.2 Å². The predicted octanol–water partition coefficient (Wildman–Crippen LogP) is 5.37. The molecule has 2 aromatic heterocycles. The van der Waals surface area contributed by atoms with Crippen molar-refractivity contribution in [3.05, 3.63) is 53.1 Å². The fourth-order valence-corrected chi connectivity index (χ4v) is 5.67. The molecule has 40 heavy (non-hydrogen) atoms. The average Bonchev–Trinajstić information content (AvgIpc) is 3.53. The van der Waals surface area contributed by atoms with Gasteiger partial charge in [-0.1, -0.05) is 12.1 Å². The molecule has 0 radical (unpaired) electrons. The molecule has 1 amide bonds. The number of nitrogens with two attached hydrogens (primary N) is 1. The van der Waals surface area contributed by atoms with Crippen molar-refractivity contribution in [3.8, 4) is 17.3 Å². The van der Waals surface area contributed by atoms with Crippen molar-refractivity contribution in [1.82, 2.24) is 24.5 Å². The Morgan fingerprint density at radius 3 is 2.65 bits per heavy atom. The first-order chi connectivity index (χ1) is 18.7. The van der Waals surface area contributed by atoms with Crippen molar-refractivity contribution >= 4 is 11.9 Å². The number of carbonyl (C=O) groups excluding carboxylic acids is 1. The number of ether oxygens (including phenoxy) is 1. The number of aromatic nitrogens is 4. The number of amides is 1. The first-order valence-electron chi connectivity index (χ1n) is 12.8. The summed E-state index contributed by atoms with van der Waals surface area (Å²) in [5, 5.41) is 18.5. The van der Waals surface area contributed by atoms with Gasteiger partial charge in [0.2, 0.25) is 0 Å². The summed E-state index contributed by atoms with van der Waals surface area (Å²) in [4.78, 5) is 14.2. The molecular formula is C27H29F4N7O2. The third-order valence-corrected chi connectivity index (χ3v) is 7.45. The quantitative estimate of drug-likeness (QED) is 0.430. The summed E-state index contributed by atoms with van der Waals surface area (Å²) in [5.41, 5.74) is 4.86. The number of carbonyl (C=O) groups is 1. The molecule has 1 saturated heterocycles. The maximum Gasteiger partial charge on any atom is 0.419 e. The SMILES string of the molecule is CC(C)(C)OC(=O)N1CC[C@]2(C1)C[C@H](n1nc(-c3cnn(Cc4cccc(F)c4C(F)(F)F)c3)c(C#N)c1N)C2. The molecular weight excluding hydrogens is 530 g/mol. The van der Waals surface area contributed by atoms with Gasteiger partial charge in [-0.15, -0.1) is 0 Å². The summed E-state index contributed by atoms with van der Waals surface area (Å²) in [6.07, 6.45) is -0.0788. The van der Waals surface area contributed by atoms with Gasteiger partial charge in [0.1, 0.15) is 34.6 Å². The molecule has 3 aromatic rings. The van der Waals surface area contributed by atoms with Crippen LogP contribution in [0, 0.1) is 22.6 Å². The lowest BCUT2D eigenvalue weighted by atomic mass is 9.65. The van der Waals surface area contributed by atoms with Crippen molar-refractivity contribution in [2.75, 3.05) is 18.8 Å². The zero-order valence-electron chi connectivity index (χ0n) is 22.3. The van der Waals surface area contributed by atoms with E-state index in [9.17, 15) is 27.6 Å². The second-order valence-electron chi connectivity index (χ2n) is 11.6. The highest BCUT2D eigenvalue weighted by atomic mass is 19.4. The van der Waals surface area contributed by atoms with E-state index in [1.807, 2.05) is 20.8 Å². The Morgan fingerprint density at radius 1 is 1.27 bits per heavy atom. The number of likely N-dealkylation sites (tertiary alicyclic amines) is 1. The normalized spacial score (nSPS) is 20.9. The van der Waals surface area contributed by atoms with E-state index in [-0.39, 0.29) is 46.7 Å². The second kappa shape index (κ2) is 9.53. The molecule has 1 saturated carbocycles. The van der Waals surface area contributed by atoms with Crippen molar-refractivity contribution in [1.29, 1.82) is 5.26 Å². The summed E-state index contributed by atoms with van der Waals surface area (Å²) in [7, 11) is 0. The molecule has 5 rings (SSSR count). The van der Waals surface area contributed by atoms with Gasteiger partial charge in [-0.2, -0.15) is 28.6 Å². The first kappa shape index (κ1) is 27.5. The molecule has 1 aliphatic heterocycles. The summed E-state index contributed by atoms with van der Waals surface area (Å²) in [6.45, 7) is 6.32. The van der Waals surface area contributed by atoms with Crippen LogP contribution in [0.15, 0.2) is 30.6 Å². The topological polar surface area (TPSA) is 115 Å². The maximum atomic E-state index is 14.0. The maximum absolute atomic E-state index is 14.0. The van der Waals surface area contributed by atoms with Crippen molar-refractivity contribution in [2.24, 2.45) is 5.41 Å². The molecule has 2 N–H and O–H groups in total. The van der Waals surface area contributed by atoms with E-state index >= 15 is 0 Å². The number of hydrogen-bond acceptors (Lipinski definition) is 6. The van der Waals surface area contributed by atoms with Gasteiger partial charge in [0.15, 0.2) is 0 Å². The fourth-order valence-electron chi connectivity index (χ4n) is 5.67. The highest BCUT2D eigenvalue weighted by Crippen LogP contribution is 2.55. The van der Waals surface area contributed by atoms with Crippen molar-refractivity contribution in [2.45, 2.75) is 64.4 Å². The molecule has 2 fully saturated rings. The Morgan fingerprint density at radius 2 is 2.00 bits per heavy atom. The Bertz CT molecular complexity index is 1490. The Hall–Kier alpha value is -4.08. The van der Waals surface area contributed by atoms with Crippen LogP contribution >= 0.6 is 0 Å². The summed E-state index contributed by atoms with van der Waals surface area (Å²) in [5.74, 6) is -1.16. The van der Waals surface area contributed by atoms with E-state index in [0.717, 1.165) is 25.3 Å². The van der Waals surface area contributed by atoms with E-state index in [0.29, 0.717) is 18.7 Å². The van der Waals surface area contributed by atoms with Crippen LogP contribution in [0.25, 0.3) is 11.3 Å². The zero-order chi connectivity index (χ0) is 29.0. The summed E-state index contributed by atoms with van der Waals surface area (Å²) < 4.78 is 62.6. The molecule has 9 nitrogen and oxygen atoms in total. The predicted molar refractivity (Wildman–Crippen MR) is 136 cm³/mol. The molecule has 1 aromatic carbocycles. The lowest BCUT2D eigenvalue weighted by molar-refractivity contribution is -0.140. The minimum absolute atomic E-state index is 0.0705. The number of alkyl halides is 3. The summed E-state index contributed by atoms with van der Waals surface area (Å²) >= 11 is 0. The van der Waals surface area contributed by atoms with Crippen LogP contribution in [0.1, 0.15) is 62.8 Å². The minimum atomic E-state index is -4.86. The van der Waals surface area contributed by atoms with E-state index in [2.05, 4.69) is 16.3 Å². The fraction of sp³-hybridized carbons (Fsp3) is 0.481. The number of nitrogen functional groups attached to an aromatic ring is 1. The molecule has 1 spiro atoms. The van der Waals surface area contributed by atoms with Crippen molar-refractivity contribution in [3.63, 3.8) is 0 Å². The van der Waals surface area contributed by atoms with Crippen LogP contribution in [0.4, 0.5) is 28.2 Å². The monoisotopic (exact) mass is 559 g/mol. The number of anilines is 1. The number of rotatable bonds is 4. The van der Waals surface area contributed by atoms with Gasteiger partial charge in [-0.25, -0.2) is 13.9 Å². The zero-order valence-corrected chi connectivity index (χ0v) is 22.3. The molecule has 212 valence electrons. The van der Waals surface area contributed by atoms with Crippen LogP contribution in [0.2, 0.25) is 0 Å². The standard InChI is InChI=1S/C27H29F4N7O2/c1-25(2,3)40-24(39)36-8-7-26(15-36)9-18(10-26)38-23(33)19(11-32)22(35-38)17-12-34-37(14-17)13-16-5-4-6-20(28)21(16)27(29,30)31/h4-6,12,14,18H,7-10,13,15,33H2,1-3H3/t18-,26-. The lowest BCUT2D eigenvalue weighted by Gasteiger charge is -2.45. The number of halogens is 4. The Balaban J connectivity index is 1.32. The van der Waals surface area contributed by atoms with E-state index in [4.69, 9.17) is 10.5 Å². The van der Waals surface area contributed by atoms with E-state index in [1.54, 1.807) is 9.58 Å². The van der Waals surface area contributed by atoms with Gasteiger partial charge in [-0.3, -0.25) is 4.68 Å². The van der Waals surface area contributed by atoms with Crippen LogP contribution < -0.4 is 5.73 Å². The van der Waals surface area contributed by atoms with Gasteiger partial charge in [0, 0.05) is 24.8 Å². The number of hydrogen-bond donors (Lipinski definition) is 1. The van der Waals surface area contributed by atoms with Gasteiger partial charge < -0.3 is 15.4 Å². The average molecular weight is 560 g/mol. The molecule has 3 heterocycles. The van der Waals surface area contributed by atoms with Gasteiger partial charge >= 0.3 is 12.3 Å². The van der Waals surface area contributed by atoms with Crippen LogP contribution in [-0.4, -0.2) is 49.2 Å². The molecule has 0 unspecified atom stereocenters. The van der Waals surface area contributed by atoms with Gasteiger partial charge in [0.05, 0.1) is 24.3 Å². The van der Waals surface area contributed by atoms with Gasteiger partial charge in [-0.05, 0) is 57.1 Å². The molecule has 1 aliphatic carbocycles. The lowest BCUT2D eigenvalue weighted by Crippen LogP contribution is -2.43. The molecule has 2 aliphatic rings.